The fourth-order valence-electron chi connectivity index (χ4n) is 2.92. The van der Waals surface area contributed by atoms with Crippen molar-refractivity contribution in [3.63, 3.8) is 0 Å². The molecule has 0 unspecified atom stereocenters. The molecular weight excluding hydrogens is 360 g/mol. The molecule has 0 radical (unpaired) electrons. The quantitative estimate of drug-likeness (QED) is 0.647. The van der Waals surface area contributed by atoms with Gasteiger partial charge in [0, 0.05) is 17.7 Å². The summed E-state index contributed by atoms with van der Waals surface area (Å²) in [5, 5.41) is 18.2. The summed E-state index contributed by atoms with van der Waals surface area (Å²) in [7, 11) is 0. The number of rotatable bonds is 4. The van der Waals surface area contributed by atoms with Gasteiger partial charge in [-0.05, 0) is 49.8 Å². The molecule has 0 fully saturated rings. The minimum atomic E-state index is -1.02. The van der Waals surface area contributed by atoms with Crippen molar-refractivity contribution in [3.05, 3.63) is 64.4 Å². The Morgan fingerprint density at radius 3 is 2.43 bits per heavy atom. The Labute approximate surface area is 160 Å². The second-order valence-corrected chi connectivity index (χ2v) is 6.11. The largest absolute Gasteiger partial charge is 0.478 e. The van der Waals surface area contributed by atoms with Crippen LogP contribution in [0, 0.1) is 11.3 Å². The van der Waals surface area contributed by atoms with Gasteiger partial charge < -0.3 is 9.52 Å². The van der Waals surface area contributed by atoms with Crippen LogP contribution in [0.3, 0.4) is 0 Å². The van der Waals surface area contributed by atoms with Crippen molar-refractivity contribution in [1.29, 1.82) is 5.26 Å². The molecule has 2 heterocycles. The molecule has 1 aliphatic rings. The number of carboxylic acids is 1. The van der Waals surface area contributed by atoms with Crippen molar-refractivity contribution in [2.24, 2.45) is 0 Å². The third kappa shape index (κ3) is 3.23. The van der Waals surface area contributed by atoms with Crippen LogP contribution in [0.2, 0.25) is 0 Å². The second kappa shape index (κ2) is 7.37. The van der Waals surface area contributed by atoms with Crippen molar-refractivity contribution in [1.82, 2.24) is 4.90 Å². The molecule has 1 aromatic carbocycles. The SMILES string of the molecule is CCN1C(=O)C(C#N)=C(C)/C(=C\c2ccc(-c3ccc(C(=O)O)cc3)o2)C1=O. The third-order valence-corrected chi connectivity index (χ3v) is 4.47. The first-order chi connectivity index (χ1) is 13.4. The smallest absolute Gasteiger partial charge is 0.335 e. The van der Waals surface area contributed by atoms with Gasteiger partial charge >= 0.3 is 5.97 Å². The number of amides is 2. The molecule has 1 N–H and O–H groups in total. The van der Waals surface area contributed by atoms with Crippen LogP contribution < -0.4 is 0 Å². The van der Waals surface area contributed by atoms with E-state index in [0.717, 1.165) is 4.90 Å². The van der Waals surface area contributed by atoms with Gasteiger partial charge in [0.15, 0.2) is 0 Å². The second-order valence-electron chi connectivity index (χ2n) is 6.11. The molecule has 2 aromatic rings. The minimum absolute atomic E-state index is 0.0660. The summed E-state index contributed by atoms with van der Waals surface area (Å²) in [4.78, 5) is 36.8. The number of hydrogen-bond donors (Lipinski definition) is 1. The van der Waals surface area contributed by atoms with Crippen molar-refractivity contribution in [3.8, 4) is 17.4 Å². The van der Waals surface area contributed by atoms with Crippen LogP contribution in [-0.4, -0.2) is 34.3 Å². The fourth-order valence-corrected chi connectivity index (χ4v) is 2.92. The maximum Gasteiger partial charge on any atom is 0.335 e. The van der Waals surface area contributed by atoms with Crippen LogP contribution in [-0.2, 0) is 9.59 Å². The van der Waals surface area contributed by atoms with E-state index in [0.29, 0.717) is 22.7 Å². The molecule has 2 amide bonds. The topological polar surface area (TPSA) is 112 Å². The van der Waals surface area contributed by atoms with E-state index < -0.39 is 17.8 Å². The summed E-state index contributed by atoms with van der Waals surface area (Å²) in [6.07, 6.45) is 1.50. The van der Waals surface area contributed by atoms with E-state index in [1.54, 1.807) is 38.1 Å². The summed E-state index contributed by atoms with van der Waals surface area (Å²) in [6, 6.07) is 11.4. The minimum Gasteiger partial charge on any atom is -0.478 e. The van der Waals surface area contributed by atoms with Crippen LogP contribution in [0.1, 0.15) is 30.0 Å². The first kappa shape index (κ1) is 18.9. The number of nitrogens with zero attached hydrogens (tertiary/aromatic N) is 2. The van der Waals surface area contributed by atoms with Crippen LogP contribution >= 0.6 is 0 Å². The first-order valence-corrected chi connectivity index (χ1v) is 8.50. The molecular formula is C21H16N2O5. The first-order valence-electron chi connectivity index (χ1n) is 8.50. The van der Waals surface area contributed by atoms with Gasteiger partial charge in [-0.2, -0.15) is 5.26 Å². The molecule has 1 aromatic heterocycles. The average Bonchev–Trinajstić information content (AvgIpc) is 3.15. The Balaban J connectivity index is 1.99. The van der Waals surface area contributed by atoms with Crippen LogP contribution in [0.4, 0.5) is 0 Å². The lowest BCUT2D eigenvalue weighted by Crippen LogP contribution is -2.42. The monoisotopic (exact) mass is 376 g/mol. The highest BCUT2D eigenvalue weighted by atomic mass is 16.4. The van der Waals surface area contributed by atoms with E-state index in [2.05, 4.69) is 0 Å². The summed E-state index contributed by atoms with van der Waals surface area (Å²) >= 11 is 0. The number of furan rings is 1. The van der Waals surface area contributed by atoms with Crippen LogP contribution in [0.5, 0.6) is 0 Å². The van der Waals surface area contributed by atoms with Crippen molar-refractivity contribution in [2.75, 3.05) is 6.54 Å². The molecule has 28 heavy (non-hydrogen) atoms. The van der Waals surface area contributed by atoms with Gasteiger partial charge in [0.1, 0.15) is 23.2 Å². The van der Waals surface area contributed by atoms with Gasteiger partial charge in [-0.25, -0.2) is 4.79 Å². The van der Waals surface area contributed by atoms with E-state index in [1.165, 1.54) is 18.2 Å². The van der Waals surface area contributed by atoms with Crippen molar-refractivity contribution < 1.29 is 23.9 Å². The molecule has 0 spiro atoms. The van der Waals surface area contributed by atoms with E-state index in [1.807, 2.05) is 6.07 Å². The number of carboxylic acid groups (broad SMARTS) is 1. The lowest BCUT2D eigenvalue weighted by Gasteiger charge is -2.25. The zero-order valence-electron chi connectivity index (χ0n) is 15.2. The molecule has 3 rings (SSSR count). The average molecular weight is 376 g/mol. The highest BCUT2D eigenvalue weighted by molar-refractivity contribution is 6.19. The molecule has 0 bridgehead atoms. The summed E-state index contributed by atoms with van der Waals surface area (Å²) < 4.78 is 5.75. The molecule has 140 valence electrons. The normalized spacial score (nSPS) is 15.9. The van der Waals surface area contributed by atoms with Gasteiger partial charge in [-0.1, -0.05) is 12.1 Å². The molecule has 7 heteroatoms. The van der Waals surface area contributed by atoms with Gasteiger partial charge in [-0.15, -0.1) is 0 Å². The summed E-state index contributed by atoms with van der Waals surface area (Å²) in [5.41, 5.74) is 1.31. The number of carbonyl (C=O) groups excluding carboxylic acids is 2. The number of aromatic carboxylic acids is 1. The van der Waals surface area contributed by atoms with Crippen LogP contribution in [0.15, 0.2) is 57.5 Å². The lowest BCUT2D eigenvalue weighted by atomic mass is 9.95. The Morgan fingerprint density at radius 2 is 1.86 bits per heavy atom. The van der Waals surface area contributed by atoms with Gasteiger partial charge in [0.2, 0.25) is 0 Å². The number of nitriles is 1. The van der Waals surface area contributed by atoms with Gasteiger partial charge in [0.05, 0.1) is 5.56 Å². The molecule has 0 saturated heterocycles. The number of carbonyl (C=O) groups is 3. The summed E-state index contributed by atoms with van der Waals surface area (Å²) in [5.74, 6) is -1.21. The number of benzene rings is 1. The van der Waals surface area contributed by atoms with Crippen LogP contribution in [0.25, 0.3) is 17.4 Å². The molecule has 1 aliphatic heterocycles. The maximum absolute atomic E-state index is 12.6. The predicted octanol–water partition coefficient (Wildman–Crippen LogP) is 3.26. The summed E-state index contributed by atoms with van der Waals surface area (Å²) in [6.45, 7) is 3.38. The van der Waals surface area contributed by atoms with Gasteiger partial charge in [0.25, 0.3) is 11.8 Å². The number of imide groups is 1. The highest BCUT2D eigenvalue weighted by Crippen LogP contribution is 2.29. The fraction of sp³-hybridized carbons (Fsp3) is 0.143. The standard InChI is InChI=1S/C21H16N2O5/c1-3-23-19(24)16(12(2)17(11-22)20(23)25)10-15-8-9-18(28-15)13-4-6-14(7-5-13)21(26)27/h4-10H,3H2,1-2H3,(H,26,27)/b16-10+. The van der Waals surface area contributed by atoms with E-state index in [-0.39, 0.29) is 23.3 Å². The maximum atomic E-state index is 12.6. The Morgan fingerprint density at radius 1 is 1.18 bits per heavy atom. The molecule has 0 aliphatic carbocycles. The lowest BCUT2D eigenvalue weighted by molar-refractivity contribution is -0.140. The van der Waals surface area contributed by atoms with E-state index in [9.17, 15) is 19.6 Å². The third-order valence-electron chi connectivity index (χ3n) is 4.47. The van der Waals surface area contributed by atoms with Crippen molar-refractivity contribution >= 4 is 23.9 Å². The number of hydrogen-bond acceptors (Lipinski definition) is 5. The number of likely N-dealkylation sites (N-methyl/N-ethyl adjacent to an activating group) is 1. The molecule has 0 atom stereocenters. The predicted molar refractivity (Wildman–Crippen MR) is 99.8 cm³/mol. The Kier molecular flexibility index (Phi) is 4.96. The van der Waals surface area contributed by atoms with Crippen molar-refractivity contribution in [2.45, 2.75) is 13.8 Å². The van der Waals surface area contributed by atoms with E-state index in [4.69, 9.17) is 9.52 Å². The highest BCUT2D eigenvalue weighted by Gasteiger charge is 2.34. The zero-order chi connectivity index (χ0) is 20.4. The van der Waals surface area contributed by atoms with Gasteiger partial charge in [-0.3, -0.25) is 14.5 Å². The molecule has 0 saturated carbocycles. The molecule has 7 nitrogen and oxygen atoms in total. The Bertz CT molecular complexity index is 1080. The van der Waals surface area contributed by atoms with E-state index >= 15 is 0 Å². The Hall–Kier alpha value is -3.92. The zero-order valence-corrected chi connectivity index (χ0v) is 15.2.